The molecule has 0 saturated heterocycles. The first-order valence-electron chi connectivity index (χ1n) is 7.35. The van der Waals surface area contributed by atoms with Crippen LogP contribution < -0.4 is 15.2 Å². The number of aryl methyl sites for hydroxylation is 1. The number of hydrogen-bond donors (Lipinski definition) is 1. The number of rotatable bonds is 7. The standard InChI is InChI=1S/C17H23NO2S/c1-4-19-13-7-8-14(16(10-13)20-5-2)15(11-18)17-9-6-12(3)21-17/h6-10,15H,4-5,11,18H2,1-3H3. The van der Waals surface area contributed by atoms with E-state index in [0.29, 0.717) is 19.8 Å². The number of thiophene rings is 1. The van der Waals surface area contributed by atoms with Gasteiger partial charge in [0.2, 0.25) is 0 Å². The molecular weight excluding hydrogens is 282 g/mol. The van der Waals surface area contributed by atoms with E-state index < -0.39 is 0 Å². The van der Waals surface area contributed by atoms with Crippen molar-refractivity contribution in [2.75, 3.05) is 19.8 Å². The Morgan fingerprint density at radius 2 is 1.86 bits per heavy atom. The predicted octanol–water partition coefficient (Wildman–Crippen LogP) is 3.94. The molecule has 0 spiro atoms. The minimum Gasteiger partial charge on any atom is -0.494 e. The molecule has 0 saturated carbocycles. The lowest BCUT2D eigenvalue weighted by atomic mass is 9.96. The summed E-state index contributed by atoms with van der Waals surface area (Å²) in [6.07, 6.45) is 0. The van der Waals surface area contributed by atoms with Crippen molar-refractivity contribution >= 4 is 11.3 Å². The van der Waals surface area contributed by atoms with Crippen LogP contribution in [-0.2, 0) is 0 Å². The molecule has 1 heterocycles. The van der Waals surface area contributed by atoms with Crippen LogP contribution in [0.5, 0.6) is 11.5 Å². The molecule has 2 rings (SSSR count). The Bertz CT molecular complexity index is 580. The van der Waals surface area contributed by atoms with E-state index in [2.05, 4.69) is 25.1 Å². The molecule has 0 amide bonds. The van der Waals surface area contributed by atoms with Crippen molar-refractivity contribution in [3.63, 3.8) is 0 Å². The van der Waals surface area contributed by atoms with Crippen LogP contribution in [-0.4, -0.2) is 19.8 Å². The first-order valence-corrected chi connectivity index (χ1v) is 8.17. The maximum absolute atomic E-state index is 6.03. The van der Waals surface area contributed by atoms with Crippen molar-refractivity contribution in [1.82, 2.24) is 0 Å². The molecule has 21 heavy (non-hydrogen) atoms. The Hall–Kier alpha value is -1.52. The molecular formula is C17H23NO2S. The van der Waals surface area contributed by atoms with Crippen molar-refractivity contribution in [3.05, 3.63) is 45.6 Å². The third-order valence-corrected chi connectivity index (χ3v) is 4.43. The molecule has 3 nitrogen and oxygen atoms in total. The van der Waals surface area contributed by atoms with Gasteiger partial charge in [-0.2, -0.15) is 0 Å². The van der Waals surface area contributed by atoms with E-state index in [1.54, 1.807) is 11.3 Å². The highest BCUT2D eigenvalue weighted by Crippen LogP contribution is 2.36. The normalized spacial score (nSPS) is 12.2. The summed E-state index contributed by atoms with van der Waals surface area (Å²) in [5, 5.41) is 0. The van der Waals surface area contributed by atoms with E-state index >= 15 is 0 Å². The van der Waals surface area contributed by atoms with E-state index in [1.807, 2.05) is 26.0 Å². The fourth-order valence-corrected chi connectivity index (χ4v) is 3.39. The molecule has 2 aromatic rings. The van der Waals surface area contributed by atoms with Gasteiger partial charge in [-0.25, -0.2) is 0 Å². The van der Waals surface area contributed by atoms with Gasteiger partial charge in [0.15, 0.2) is 0 Å². The molecule has 1 atom stereocenters. The minimum absolute atomic E-state index is 0.168. The monoisotopic (exact) mass is 305 g/mol. The lowest BCUT2D eigenvalue weighted by molar-refractivity contribution is 0.320. The highest BCUT2D eigenvalue weighted by atomic mass is 32.1. The largest absolute Gasteiger partial charge is 0.494 e. The second kappa shape index (κ2) is 7.48. The topological polar surface area (TPSA) is 44.5 Å². The van der Waals surface area contributed by atoms with Crippen molar-refractivity contribution in [2.45, 2.75) is 26.7 Å². The van der Waals surface area contributed by atoms with Crippen LogP contribution in [0.25, 0.3) is 0 Å². The maximum atomic E-state index is 6.03. The van der Waals surface area contributed by atoms with Gasteiger partial charge in [-0.15, -0.1) is 11.3 Å². The van der Waals surface area contributed by atoms with Gasteiger partial charge in [-0.1, -0.05) is 6.07 Å². The fourth-order valence-electron chi connectivity index (χ4n) is 2.38. The van der Waals surface area contributed by atoms with E-state index in [-0.39, 0.29) is 5.92 Å². The first-order chi connectivity index (χ1) is 10.2. The quantitative estimate of drug-likeness (QED) is 0.842. The van der Waals surface area contributed by atoms with Gasteiger partial charge in [0.05, 0.1) is 13.2 Å². The van der Waals surface area contributed by atoms with Gasteiger partial charge < -0.3 is 15.2 Å². The maximum Gasteiger partial charge on any atom is 0.126 e. The fraction of sp³-hybridized carbons (Fsp3) is 0.412. The highest BCUT2D eigenvalue weighted by Gasteiger charge is 2.19. The predicted molar refractivity (Wildman–Crippen MR) is 88.7 cm³/mol. The summed E-state index contributed by atoms with van der Waals surface area (Å²) in [6, 6.07) is 10.3. The molecule has 0 aliphatic rings. The Labute approximate surface area is 130 Å². The van der Waals surface area contributed by atoms with E-state index in [0.717, 1.165) is 17.1 Å². The summed E-state index contributed by atoms with van der Waals surface area (Å²) < 4.78 is 11.4. The zero-order valence-corrected chi connectivity index (χ0v) is 13.7. The molecule has 1 unspecified atom stereocenters. The zero-order chi connectivity index (χ0) is 15.2. The molecule has 0 fully saturated rings. The number of ether oxygens (including phenoxy) is 2. The Morgan fingerprint density at radius 3 is 2.43 bits per heavy atom. The van der Waals surface area contributed by atoms with Gasteiger partial charge in [0.1, 0.15) is 11.5 Å². The summed E-state index contributed by atoms with van der Waals surface area (Å²) in [4.78, 5) is 2.58. The van der Waals surface area contributed by atoms with Crippen LogP contribution in [0.4, 0.5) is 0 Å². The smallest absolute Gasteiger partial charge is 0.126 e. The Kier molecular flexibility index (Phi) is 5.65. The second-order valence-corrected chi connectivity index (χ2v) is 6.12. The molecule has 0 aliphatic heterocycles. The van der Waals surface area contributed by atoms with Crippen molar-refractivity contribution in [3.8, 4) is 11.5 Å². The van der Waals surface area contributed by atoms with Crippen LogP contribution >= 0.6 is 11.3 Å². The molecule has 114 valence electrons. The Morgan fingerprint density at radius 1 is 1.10 bits per heavy atom. The van der Waals surface area contributed by atoms with Crippen LogP contribution in [0.2, 0.25) is 0 Å². The summed E-state index contributed by atoms with van der Waals surface area (Å²) >= 11 is 1.79. The zero-order valence-electron chi connectivity index (χ0n) is 12.9. The molecule has 4 heteroatoms. The van der Waals surface area contributed by atoms with Gasteiger partial charge in [0.25, 0.3) is 0 Å². The number of hydrogen-bond acceptors (Lipinski definition) is 4. The van der Waals surface area contributed by atoms with Gasteiger partial charge in [-0.3, -0.25) is 0 Å². The molecule has 1 aromatic heterocycles. The second-order valence-electron chi connectivity index (χ2n) is 4.80. The van der Waals surface area contributed by atoms with Gasteiger partial charge >= 0.3 is 0 Å². The molecule has 2 N–H and O–H groups in total. The summed E-state index contributed by atoms with van der Waals surface area (Å²) in [7, 11) is 0. The molecule has 0 aliphatic carbocycles. The molecule has 0 bridgehead atoms. The van der Waals surface area contributed by atoms with Gasteiger partial charge in [0, 0.05) is 33.8 Å². The highest BCUT2D eigenvalue weighted by molar-refractivity contribution is 7.12. The minimum atomic E-state index is 0.168. The van der Waals surface area contributed by atoms with Crippen molar-refractivity contribution in [1.29, 1.82) is 0 Å². The SMILES string of the molecule is CCOc1ccc(C(CN)c2ccc(C)s2)c(OCC)c1. The van der Waals surface area contributed by atoms with E-state index in [9.17, 15) is 0 Å². The average Bonchev–Trinajstić information content (AvgIpc) is 2.89. The Balaban J connectivity index is 2.39. The first kappa shape index (κ1) is 15.9. The number of nitrogens with two attached hydrogens (primary N) is 1. The summed E-state index contributed by atoms with van der Waals surface area (Å²) in [6.45, 7) is 7.92. The van der Waals surface area contributed by atoms with Crippen LogP contribution in [0.3, 0.4) is 0 Å². The third-order valence-electron chi connectivity index (χ3n) is 3.31. The third kappa shape index (κ3) is 3.77. The van der Waals surface area contributed by atoms with E-state index in [1.165, 1.54) is 9.75 Å². The summed E-state index contributed by atoms with van der Waals surface area (Å²) in [5.74, 6) is 1.87. The number of benzene rings is 1. The lowest BCUT2D eigenvalue weighted by Gasteiger charge is -2.19. The van der Waals surface area contributed by atoms with Crippen LogP contribution in [0.15, 0.2) is 30.3 Å². The average molecular weight is 305 g/mol. The van der Waals surface area contributed by atoms with Crippen LogP contribution in [0.1, 0.15) is 35.1 Å². The van der Waals surface area contributed by atoms with Gasteiger partial charge in [-0.05, 0) is 39.0 Å². The lowest BCUT2D eigenvalue weighted by Crippen LogP contribution is -2.14. The molecule has 0 radical (unpaired) electrons. The molecule has 1 aromatic carbocycles. The summed E-state index contributed by atoms with van der Waals surface area (Å²) in [5.41, 5.74) is 7.16. The van der Waals surface area contributed by atoms with E-state index in [4.69, 9.17) is 15.2 Å². The van der Waals surface area contributed by atoms with Crippen molar-refractivity contribution in [2.24, 2.45) is 5.73 Å². The van der Waals surface area contributed by atoms with Crippen LogP contribution in [0, 0.1) is 6.92 Å². The van der Waals surface area contributed by atoms with Crippen molar-refractivity contribution < 1.29 is 9.47 Å².